The summed E-state index contributed by atoms with van der Waals surface area (Å²) >= 11 is 1.89. The van der Waals surface area contributed by atoms with Gasteiger partial charge in [-0.25, -0.2) is 8.42 Å². The molecule has 0 bridgehead atoms. The highest BCUT2D eigenvalue weighted by molar-refractivity contribution is 7.98. The van der Waals surface area contributed by atoms with Gasteiger partial charge in [-0.1, -0.05) is 0 Å². The monoisotopic (exact) mass is 488 g/mol. The Morgan fingerprint density at radius 1 is 1.18 bits per heavy atom. The van der Waals surface area contributed by atoms with Crippen molar-refractivity contribution in [2.45, 2.75) is 30.2 Å². The molecule has 0 saturated carbocycles. The van der Waals surface area contributed by atoms with Gasteiger partial charge in [-0.2, -0.15) is 11.8 Å². The van der Waals surface area contributed by atoms with Gasteiger partial charge in [0.15, 0.2) is 9.84 Å². The molecule has 0 amide bonds. The highest BCUT2D eigenvalue weighted by Crippen LogP contribution is 2.35. The SMILES string of the molecule is CSCCCN1CCC(Nc2ccc(S(C)(=O)=O)cc2-c2cn(C)c(=O)c3[nH]ccc23)CC1. The van der Waals surface area contributed by atoms with Crippen molar-refractivity contribution in [2.75, 3.05) is 43.2 Å². The van der Waals surface area contributed by atoms with E-state index in [2.05, 4.69) is 21.5 Å². The molecule has 2 N–H and O–H groups in total. The number of rotatable bonds is 8. The first kappa shape index (κ1) is 23.9. The Hall–Kier alpha value is -2.23. The van der Waals surface area contributed by atoms with Gasteiger partial charge in [-0.3, -0.25) is 4.79 Å². The molecule has 1 aliphatic heterocycles. The molecule has 0 unspecified atom stereocenters. The van der Waals surface area contributed by atoms with E-state index in [-0.39, 0.29) is 10.5 Å². The first-order valence-electron chi connectivity index (χ1n) is 11.3. The van der Waals surface area contributed by atoms with Crippen LogP contribution in [-0.4, -0.2) is 66.8 Å². The van der Waals surface area contributed by atoms with Crippen LogP contribution in [0.4, 0.5) is 5.69 Å². The van der Waals surface area contributed by atoms with Crippen molar-refractivity contribution in [2.24, 2.45) is 7.05 Å². The van der Waals surface area contributed by atoms with Gasteiger partial charge in [0.25, 0.3) is 5.56 Å². The molecular weight excluding hydrogens is 456 g/mol. The zero-order valence-corrected chi connectivity index (χ0v) is 21.1. The van der Waals surface area contributed by atoms with E-state index in [4.69, 9.17) is 0 Å². The Morgan fingerprint density at radius 3 is 2.64 bits per heavy atom. The smallest absolute Gasteiger partial charge is 0.274 e. The van der Waals surface area contributed by atoms with E-state index >= 15 is 0 Å². The summed E-state index contributed by atoms with van der Waals surface area (Å²) < 4.78 is 26.2. The number of sulfone groups is 1. The van der Waals surface area contributed by atoms with Gasteiger partial charge in [0, 0.05) is 67.0 Å². The standard InChI is InChI=1S/C24H32N4O3S2/c1-27-16-21(19-7-10-25-23(19)24(27)29)20-15-18(33(3,30)31)5-6-22(20)26-17-8-12-28(13-9-17)11-4-14-32-2/h5-7,10,15-17,25-26H,4,8-9,11-14H2,1-3H3. The highest BCUT2D eigenvalue weighted by Gasteiger charge is 2.22. The summed E-state index contributed by atoms with van der Waals surface area (Å²) in [5.41, 5.74) is 2.92. The van der Waals surface area contributed by atoms with Crippen LogP contribution < -0.4 is 10.9 Å². The zero-order valence-electron chi connectivity index (χ0n) is 19.4. The quantitative estimate of drug-likeness (QED) is 0.472. The average molecular weight is 489 g/mol. The van der Waals surface area contributed by atoms with Crippen LogP contribution in [0.3, 0.4) is 0 Å². The molecule has 33 heavy (non-hydrogen) atoms. The predicted octanol–water partition coefficient (Wildman–Crippen LogP) is 3.57. The van der Waals surface area contributed by atoms with Crippen LogP contribution in [0.2, 0.25) is 0 Å². The third kappa shape index (κ3) is 5.31. The fraction of sp³-hybridized carbons (Fsp3) is 0.458. The van der Waals surface area contributed by atoms with E-state index in [1.165, 1.54) is 23.0 Å². The first-order valence-corrected chi connectivity index (χ1v) is 14.6. The van der Waals surface area contributed by atoms with Crippen LogP contribution in [-0.2, 0) is 16.9 Å². The molecule has 1 fully saturated rings. The highest BCUT2D eigenvalue weighted by atomic mass is 32.2. The average Bonchev–Trinajstić information content (AvgIpc) is 3.28. The van der Waals surface area contributed by atoms with Crippen molar-refractivity contribution in [1.82, 2.24) is 14.5 Å². The summed E-state index contributed by atoms with van der Waals surface area (Å²) in [6.45, 7) is 3.26. The Balaban J connectivity index is 1.66. The molecule has 9 heteroatoms. The minimum atomic E-state index is -3.37. The van der Waals surface area contributed by atoms with E-state index in [0.717, 1.165) is 54.7 Å². The van der Waals surface area contributed by atoms with Gasteiger partial charge in [-0.05, 0) is 62.1 Å². The largest absolute Gasteiger partial charge is 0.382 e. The lowest BCUT2D eigenvalue weighted by atomic mass is 9.99. The minimum absolute atomic E-state index is 0.110. The maximum absolute atomic E-state index is 12.5. The minimum Gasteiger partial charge on any atom is -0.382 e. The fourth-order valence-electron chi connectivity index (χ4n) is 4.54. The summed E-state index contributed by atoms with van der Waals surface area (Å²) in [5, 5.41) is 4.47. The van der Waals surface area contributed by atoms with Crippen molar-refractivity contribution < 1.29 is 8.42 Å². The number of fused-ring (bicyclic) bond motifs is 1. The second-order valence-electron chi connectivity index (χ2n) is 8.81. The van der Waals surface area contributed by atoms with Gasteiger partial charge in [0.2, 0.25) is 0 Å². The van der Waals surface area contributed by atoms with Crippen molar-refractivity contribution >= 4 is 38.2 Å². The number of nitrogens with one attached hydrogen (secondary N) is 2. The molecule has 0 spiro atoms. The Labute approximate surface area is 199 Å². The molecule has 0 atom stereocenters. The number of hydrogen-bond donors (Lipinski definition) is 2. The van der Waals surface area contributed by atoms with E-state index < -0.39 is 9.84 Å². The number of nitrogens with zero attached hydrogens (tertiary/aromatic N) is 2. The number of anilines is 1. The fourth-order valence-corrected chi connectivity index (χ4v) is 5.60. The van der Waals surface area contributed by atoms with Gasteiger partial charge in [-0.15, -0.1) is 0 Å². The molecule has 0 radical (unpaired) electrons. The number of hydrogen-bond acceptors (Lipinski definition) is 6. The Kier molecular flexibility index (Phi) is 7.21. The first-order chi connectivity index (χ1) is 15.8. The Bertz CT molecular complexity index is 1290. The number of piperidine rings is 1. The molecular formula is C24H32N4O3S2. The molecule has 1 aliphatic rings. The molecule has 178 valence electrons. The normalized spacial score (nSPS) is 15.8. The lowest BCUT2D eigenvalue weighted by Gasteiger charge is -2.33. The number of aromatic nitrogens is 2. The summed E-state index contributed by atoms with van der Waals surface area (Å²) in [6, 6.07) is 7.44. The lowest BCUT2D eigenvalue weighted by molar-refractivity contribution is 0.220. The maximum atomic E-state index is 12.5. The number of benzene rings is 1. The number of pyridine rings is 1. The molecule has 4 rings (SSSR count). The predicted molar refractivity (Wildman–Crippen MR) is 138 cm³/mol. The van der Waals surface area contributed by atoms with Crippen LogP contribution in [0.25, 0.3) is 22.0 Å². The van der Waals surface area contributed by atoms with Gasteiger partial charge in [0.1, 0.15) is 5.52 Å². The summed E-state index contributed by atoms with van der Waals surface area (Å²) in [7, 11) is -1.66. The van der Waals surface area contributed by atoms with Gasteiger partial charge >= 0.3 is 0 Å². The van der Waals surface area contributed by atoms with Gasteiger partial charge in [0.05, 0.1) is 4.90 Å². The van der Waals surface area contributed by atoms with E-state index in [9.17, 15) is 13.2 Å². The lowest BCUT2D eigenvalue weighted by Crippen LogP contribution is -2.39. The second kappa shape index (κ2) is 9.95. The van der Waals surface area contributed by atoms with Crippen molar-refractivity contribution in [3.05, 3.63) is 47.0 Å². The molecule has 1 saturated heterocycles. The molecule has 1 aromatic carbocycles. The summed E-state index contributed by atoms with van der Waals surface area (Å²) in [6.07, 6.45) is 10.2. The third-order valence-electron chi connectivity index (χ3n) is 6.37. The topological polar surface area (TPSA) is 87.2 Å². The van der Waals surface area contributed by atoms with Crippen LogP contribution in [0.15, 0.2) is 46.3 Å². The molecule has 7 nitrogen and oxygen atoms in total. The van der Waals surface area contributed by atoms with Crippen LogP contribution in [0, 0.1) is 0 Å². The van der Waals surface area contributed by atoms with Crippen LogP contribution >= 0.6 is 11.8 Å². The van der Waals surface area contributed by atoms with E-state index in [1.54, 1.807) is 31.6 Å². The zero-order chi connectivity index (χ0) is 23.6. The number of H-pyrrole nitrogens is 1. The van der Waals surface area contributed by atoms with Crippen molar-refractivity contribution in [3.63, 3.8) is 0 Å². The second-order valence-corrected chi connectivity index (χ2v) is 11.8. The Morgan fingerprint density at radius 2 is 1.94 bits per heavy atom. The maximum Gasteiger partial charge on any atom is 0.274 e. The number of aromatic amines is 1. The molecule has 3 heterocycles. The van der Waals surface area contributed by atoms with E-state index in [0.29, 0.717) is 11.6 Å². The number of likely N-dealkylation sites (tertiary alicyclic amines) is 1. The number of aryl methyl sites for hydroxylation is 1. The van der Waals surface area contributed by atoms with Crippen LogP contribution in [0.5, 0.6) is 0 Å². The summed E-state index contributed by atoms with van der Waals surface area (Å²) in [5.74, 6) is 1.20. The molecule has 0 aliphatic carbocycles. The third-order valence-corrected chi connectivity index (χ3v) is 8.18. The van der Waals surface area contributed by atoms with Crippen molar-refractivity contribution in [1.29, 1.82) is 0 Å². The molecule has 3 aromatic rings. The van der Waals surface area contributed by atoms with Gasteiger partial charge < -0.3 is 19.8 Å². The van der Waals surface area contributed by atoms with Crippen LogP contribution in [0.1, 0.15) is 19.3 Å². The van der Waals surface area contributed by atoms with Crippen molar-refractivity contribution in [3.8, 4) is 11.1 Å². The number of thioether (sulfide) groups is 1. The molecule has 2 aromatic heterocycles. The summed E-state index contributed by atoms with van der Waals surface area (Å²) in [4.78, 5) is 18.4. The van der Waals surface area contributed by atoms with E-state index in [1.807, 2.05) is 23.9 Å².